The Bertz CT molecular complexity index is 142. The Morgan fingerprint density at radius 2 is 1.91 bits per heavy atom. The largest absolute Gasteiger partial charge is 0.316 e. The monoisotopic (exact) mass is 153 g/mol. The Kier molecular flexibility index (Phi) is 4.98. The molecule has 0 amide bonds. The Hall–Kier alpha value is -0.480. The van der Waals surface area contributed by atoms with Crippen LogP contribution >= 0.6 is 0 Å². The number of hydrogen-bond donors (Lipinski definition) is 1. The van der Waals surface area contributed by atoms with Crippen LogP contribution in [0.4, 0.5) is 0 Å². The van der Waals surface area contributed by atoms with Gasteiger partial charge in [0.25, 0.3) is 0 Å². The van der Waals surface area contributed by atoms with E-state index in [1.54, 1.807) is 0 Å². The second kappa shape index (κ2) is 5.21. The van der Waals surface area contributed by atoms with Gasteiger partial charge in [-0.2, -0.15) is 0 Å². The molecule has 64 valence electrons. The number of rotatable bonds is 3. The maximum absolute atomic E-state index is 3.23. The lowest BCUT2D eigenvalue weighted by Gasteiger charge is -2.06. The first-order chi connectivity index (χ1) is 5.06. The van der Waals surface area contributed by atoms with Gasteiger partial charge in [-0.25, -0.2) is 0 Å². The van der Waals surface area contributed by atoms with Gasteiger partial charge in [0, 0.05) is 18.4 Å². The lowest BCUT2D eigenvalue weighted by molar-refractivity contribution is 0.570. The summed E-state index contributed by atoms with van der Waals surface area (Å²) in [6, 6.07) is 0. The maximum Gasteiger partial charge on any atom is 0.0230 e. The van der Waals surface area contributed by atoms with Crippen LogP contribution in [0.1, 0.15) is 34.1 Å². The predicted octanol–water partition coefficient (Wildman–Crippen LogP) is 2.04. The van der Waals surface area contributed by atoms with E-state index in [2.05, 4.69) is 44.9 Å². The summed E-state index contributed by atoms with van der Waals surface area (Å²) in [5, 5.41) is 3.23. The third-order valence-corrected chi connectivity index (χ3v) is 1.14. The number of nitrogens with one attached hydrogen (secondary N) is 1. The van der Waals surface area contributed by atoms with Gasteiger partial charge in [-0.05, 0) is 27.3 Å². The van der Waals surface area contributed by atoms with E-state index < -0.39 is 0 Å². The van der Waals surface area contributed by atoms with Gasteiger partial charge >= 0.3 is 0 Å². The zero-order valence-corrected chi connectivity index (χ0v) is 8.12. The summed E-state index contributed by atoms with van der Waals surface area (Å²) in [4.78, 5) is 0. The molecule has 1 heteroatoms. The van der Waals surface area contributed by atoms with Gasteiger partial charge in [0.05, 0.1) is 0 Å². The highest BCUT2D eigenvalue weighted by Gasteiger charge is 2.02. The van der Waals surface area contributed by atoms with Crippen LogP contribution in [0.2, 0.25) is 0 Å². The first-order valence-corrected chi connectivity index (χ1v) is 4.27. The molecule has 0 unspecified atom stereocenters. The van der Waals surface area contributed by atoms with Crippen molar-refractivity contribution in [2.75, 3.05) is 13.1 Å². The van der Waals surface area contributed by atoms with Gasteiger partial charge in [-0.3, -0.25) is 0 Å². The van der Waals surface area contributed by atoms with Gasteiger partial charge in [-0.15, -0.1) is 5.92 Å². The quantitative estimate of drug-likeness (QED) is 0.483. The highest BCUT2D eigenvalue weighted by atomic mass is 14.8. The predicted molar refractivity (Wildman–Crippen MR) is 50.4 cm³/mol. The van der Waals surface area contributed by atoms with Crippen molar-refractivity contribution in [3.05, 3.63) is 0 Å². The molecule has 0 aromatic heterocycles. The van der Waals surface area contributed by atoms with Crippen LogP contribution in [-0.4, -0.2) is 13.1 Å². The molecule has 0 rings (SSSR count). The second-order valence-electron chi connectivity index (χ2n) is 3.66. The summed E-state index contributed by atoms with van der Waals surface area (Å²) < 4.78 is 0. The fourth-order valence-corrected chi connectivity index (χ4v) is 0.655. The average molecular weight is 153 g/mol. The molecule has 0 heterocycles. The molecule has 0 spiro atoms. The van der Waals surface area contributed by atoms with Gasteiger partial charge in [0.15, 0.2) is 0 Å². The van der Waals surface area contributed by atoms with Crippen LogP contribution in [0.5, 0.6) is 0 Å². The standard InChI is InChI=1S/C10H19N/c1-5-11-9-7-6-8-10(2,3)4/h11H,5,7,9H2,1-4H3. The Balaban J connectivity index is 3.41. The van der Waals surface area contributed by atoms with Gasteiger partial charge in [0.2, 0.25) is 0 Å². The molecule has 0 aliphatic heterocycles. The second-order valence-corrected chi connectivity index (χ2v) is 3.66. The fourth-order valence-electron chi connectivity index (χ4n) is 0.655. The molecule has 0 radical (unpaired) electrons. The Morgan fingerprint density at radius 1 is 1.27 bits per heavy atom. The van der Waals surface area contributed by atoms with Gasteiger partial charge in [-0.1, -0.05) is 12.8 Å². The molecule has 11 heavy (non-hydrogen) atoms. The van der Waals surface area contributed by atoms with Crippen LogP contribution in [-0.2, 0) is 0 Å². The van der Waals surface area contributed by atoms with E-state index >= 15 is 0 Å². The lowest BCUT2D eigenvalue weighted by Crippen LogP contribution is -2.13. The molecular weight excluding hydrogens is 134 g/mol. The van der Waals surface area contributed by atoms with E-state index in [1.165, 1.54) is 0 Å². The van der Waals surface area contributed by atoms with Crippen molar-refractivity contribution in [3.8, 4) is 11.8 Å². The van der Waals surface area contributed by atoms with E-state index in [1.807, 2.05) is 0 Å². The van der Waals surface area contributed by atoms with Crippen molar-refractivity contribution in [3.63, 3.8) is 0 Å². The van der Waals surface area contributed by atoms with Crippen LogP contribution < -0.4 is 5.32 Å². The first-order valence-electron chi connectivity index (χ1n) is 4.27. The van der Waals surface area contributed by atoms with Crippen molar-refractivity contribution < 1.29 is 0 Å². The van der Waals surface area contributed by atoms with E-state index in [4.69, 9.17) is 0 Å². The topological polar surface area (TPSA) is 12.0 Å². The lowest BCUT2D eigenvalue weighted by atomic mass is 9.98. The first kappa shape index (κ1) is 10.5. The summed E-state index contributed by atoms with van der Waals surface area (Å²) >= 11 is 0. The molecule has 0 aliphatic carbocycles. The molecule has 1 nitrogen and oxygen atoms in total. The van der Waals surface area contributed by atoms with Crippen LogP contribution in [0.15, 0.2) is 0 Å². The summed E-state index contributed by atoms with van der Waals surface area (Å²) in [6.07, 6.45) is 0.963. The molecular formula is C10H19N. The van der Waals surface area contributed by atoms with E-state index in [-0.39, 0.29) is 5.41 Å². The number of hydrogen-bond acceptors (Lipinski definition) is 1. The van der Waals surface area contributed by atoms with Gasteiger partial charge in [0.1, 0.15) is 0 Å². The van der Waals surface area contributed by atoms with Crippen LogP contribution in [0.3, 0.4) is 0 Å². The highest BCUT2D eigenvalue weighted by molar-refractivity contribution is 5.07. The Labute approximate surface area is 70.6 Å². The maximum atomic E-state index is 3.23. The zero-order valence-electron chi connectivity index (χ0n) is 8.12. The van der Waals surface area contributed by atoms with Crippen molar-refractivity contribution in [2.24, 2.45) is 5.41 Å². The molecule has 0 saturated carbocycles. The molecule has 0 fully saturated rings. The molecule has 0 aromatic rings. The van der Waals surface area contributed by atoms with Crippen molar-refractivity contribution in [2.45, 2.75) is 34.1 Å². The van der Waals surface area contributed by atoms with Crippen molar-refractivity contribution in [1.82, 2.24) is 5.32 Å². The van der Waals surface area contributed by atoms with Crippen molar-refractivity contribution >= 4 is 0 Å². The minimum atomic E-state index is 0.159. The summed E-state index contributed by atoms with van der Waals surface area (Å²) in [5.41, 5.74) is 0.159. The summed E-state index contributed by atoms with van der Waals surface area (Å²) in [5.74, 6) is 6.34. The molecule has 1 N–H and O–H groups in total. The van der Waals surface area contributed by atoms with Crippen molar-refractivity contribution in [1.29, 1.82) is 0 Å². The van der Waals surface area contributed by atoms with Crippen LogP contribution in [0.25, 0.3) is 0 Å². The van der Waals surface area contributed by atoms with Crippen LogP contribution in [0, 0.1) is 17.3 Å². The minimum Gasteiger partial charge on any atom is -0.316 e. The molecule has 0 bridgehead atoms. The smallest absolute Gasteiger partial charge is 0.0230 e. The third-order valence-electron chi connectivity index (χ3n) is 1.14. The molecule has 0 aliphatic rings. The summed E-state index contributed by atoms with van der Waals surface area (Å²) in [7, 11) is 0. The third kappa shape index (κ3) is 9.52. The fraction of sp³-hybridized carbons (Fsp3) is 0.800. The molecule has 0 aromatic carbocycles. The van der Waals surface area contributed by atoms with E-state index in [0.717, 1.165) is 19.5 Å². The average Bonchev–Trinajstić information content (AvgIpc) is 1.85. The Morgan fingerprint density at radius 3 is 2.36 bits per heavy atom. The highest BCUT2D eigenvalue weighted by Crippen LogP contribution is 2.09. The molecule has 0 saturated heterocycles. The normalized spacial score (nSPS) is 10.5. The summed E-state index contributed by atoms with van der Waals surface area (Å²) in [6.45, 7) is 10.6. The zero-order chi connectivity index (χ0) is 8.74. The van der Waals surface area contributed by atoms with Gasteiger partial charge < -0.3 is 5.32 Å². The van der Waals surface area contributed by atoms with E-state index in [0.29, 0.717) is 0 Å². The SMILES string of the molecule is CCNCCC#CC(C)(C)C. The molecule has 0 atom stereocenters. The minimum absolute atomic E-state index is 0.159. The van der Waals surface area contributed by atoms with E-state index in [9.17, 15) is 0 Å².